The molecule has 0 aromatic rings. The Morgan fingerprint density at radius 1 is 1.53 bits per heavy atom. The molecule has 0 radical (unpaired) electrons. The molecule has 0 aromatic carbocycles. The monoisotopic (exact) mass is 274 g/mol. The SMILES string of the molecule is C=C(C)C(=O)O.C=CC(=O)OCC(O)CO.[Ca+2].[H-].[H-]. The van der Waals surface area contributed by atoms with Gasteiger partial charge >= 0.3 is 49.7 Å². The van der Waals surface area contributed by atoms with E-state index < -0.39 is 24.6 Å². The number of aliphatic hydroxyl groups is 2. The Kier molecular flexibility index (Phi) is 17.6. The summed E-state index contributed by atoms with van der Waals surface area (Å²) in [5.74, 6) is -1.54. The van der Waals surface area contributed by atoms with E-state index in [1.165, 1.54) is 6.92 Å². The van der Waals surface area contributed by atoms with Crippen molar-refractivity contribution in [3.63, 3.8) is 0 Å². The number of hydrogen-bond acceptors (Lipinski definition) is 5. The molecule has 0 heterocycles. The molecule has 0 aliphatic rings. The van der Waals surface area contributed by atoms with Gasteiger partial charge < -0.3 is 22.9 Å². The second kappa shape index (κ2) is 13.7. The van der Waals surface area contributed by atoms with Crippen molar-refractivity contribution in [1.29, 1.82) is 0 Å². The van der Waals surface area contributed by atoms with E-state index in [1.807, 2.05) is 0 Å². The summed E-state index contributed by atoms with van der Waals surface area (Å²) in [5.41, 5.74) is 0.176. The average molecular weight is 274 g/mol. The first-order valence-corrected chi connectivity index (χ1v) is 4.32. The maximum Gasteiger partial charge on any atom is 2.00 e. The molecule has 0 saturated heterocycles. The van der Waals surface area contributed by atoms with Gasteiger partial charge in [0.2, 0.25) is 0 Å². The number of rotatable bonds is 5. The van der Waals surface area contributed by atoms with E-state index >= 15 is 0 Å². The van der Waals surface area contributed by atoms with Crippen LogP contribution in [0.5, 0.6) is 0 Å². The molecular weight excluding hydrogens is 256 g/mol. The van der Waals surface area contributed by atoms with Crippen LogP contribution in [0.1, 0.15) is 9.78 Å². The van der Waals surface area contributed by atoms with Crippen molar-refractivity contribution < 1.29 is 32.5 Å². The first-order chi connectivity index (χ1) is 7.34. The van der Waals surface area contributed by atoms with E-state index in [0.717, 1.165) is 6.08 Å². The molecule has 0 spiro atoms. The van der Waals surface area contributed by atoms with Crippen LogP contribution < -0.4 is 0 Å². The minimum absolute atomic E-state index is 0. The Morgan fingerprint density at radius 3 is 2.18 bits per heavy atom. The van der Waals surface area contributed by atoms with E-state index in [-0.39, 0.29) is 52.8 Å². The molecule has 0 aliphatic heterocycles. The minimum Gasteiger partial charge on any atom is -1.00 e. The summed E-state index contributed by atoms with van der Waals surface area (Å²) in [6, 6.07) is 0. The average Bonchev–Trinajstić information content (AvgIpc) is 2.25. The van der Waals surface area contributed by atoms with Crippen LogP contribution in [0.15, 0.2) is 24.8 Å². The van der Waals surface area contributed by atoms with Gasteiger partial charge in [-0.3, -0.25) is 0 Å². The normalized spacial score (nSPS) is 9.82. The van der Waals surface area contributed by atoms with Crippen LogP contribution in [0.25, 0.3) is 0 Å². The second-order valence-electron chi connectivity index (χ2n) is 2.76. The number of carboxylic acids is 1. The van der Waals surface area contributed by atoms with E-state index in [9.17, 15) is 9.59 Å². The summed E-state index contributed by atoms with van der Waals surface area (Å²) in [5, 5.41) is 24.8. The van der Waals surface area contributed by atoms with Crippen LogP contribution in [0.3, 0.4) is 0 Å². The summed E-state index contributed by atoms with van der Waals surface area (Å²) in [4.78, 5) is 19.9. The Morgan fingerprint density at radius 2 is 1.94 bits per heavy atom. The molecule has 0 saturated carbocycles. The third-order valence-corrected chi connectivity index (χ3v) is 1.16. The van der Waals surface area contributed by atoms with Crippen molar-refractivity contribution in [2.75, 3.05) is 13.2 Å². The topological polar surface area (TPSA) is 104 Å². The van der Waals surface area contributed by atoms with Crippen molar-refractivity contribution in [3.05, 3.63) is 24.8 Å². The zero-order valence-electron chi connectivity index (χ0n) is 11.8. The van der Waals surface area contributed by atoms with Crippen LogP contribution >= 0.6 is 0 Å². The van der Waals surface area contributed by atoms with E-state index in [4.69, 9.17) is 15.3 Å². The first kappa shape index (κ1) is 21.8. The standard InChI is InChI=1S/C6H10O4.C4H6O2.Ca.2H/c1-2-6(9)10-4-5(8)3-7;1-3(2)4(5)6;;;/h2,5,7-8H,1,3-4H2;1H2,2H3,(H,5,6);;;/q;;+2;2*-1. The van der Waals surface area contributed by atoms with Crippen LogP contribution in [0.2, 0.25) is 0 Å². The molecule has 7 heteroatoms. The van der Waals surface area contributed by atoms with Crippen LogP contribution in [-0.2, 0) is 14.3 Å². The number of aliphatic carboxylic acids is 1. The predicted molar refractivity (Wildman–Crippen MR) is 64.7 cm³/mol. The third kappa shape index (κ3) is 18.2. The van der Waals surface area contributed by atoms with E-state index in [0.29, 0.717) is 0 Å². The van der Waals surface area contributed by atoms with Crippen LogP contribution in [0.4, 0.5) is 0 Å². The smallest absolute Gasteiger partial charge is 1.00 e. The molecule has 0 fully saturated rings. The van der Waals surface area contributed by atoms with Crippen LogP contribution in [-0.4, -0.2) is 84.3 Å². The Balaban J connectivity index is -0.0000000646. The summed E-state index contributed by atoms with van der Waals surface area (Å²) < 4.78 is 4.38. The van der Waals surface area contributed by atoms with Crippen LogP contribution in [0, 0.1) is 0 Å². The Labute approximate surface area is 133 Å². The maximum atomic E-state index is 10.3. The number of esters is 1. The largest absolute Gasteiger partial charge is 2.00 e. The maximum absolute atomic E-state index is 10.3. The fourth-order valence-corrected chi connectivity index (χ4v) is 0.290. The summed E-state index contributed by atoms with van der Waals surface area (Å²) in [6.45, 7) is 7.14. The minimum atomic E-state index is -0.996. The fraction of sp³-hybridized carbons (Fsp3) is 0.400. The van der Waals surface area contributed by atoms with Gasteiger partial charge in [-0.1, -0.05) is 13.2 Å². The quantitative estimate of drug-likeness (QED) is 0.357. The molecule has 96 valence electrons. The van der Waals surface area contributed by atoms with Gasteiger partial charge in [0.25, 0.3) is 0 Å². The molecule has 0 aromatic heterocycles. The Bertz CT molecular complexity index is 261. The van der Waals surface area contributed by atoms with E-state index in [1.54, 1.807) is 0 Å². The van der Waals surface area contributed by atoms with Crippen molar-refractivity contribution >= 4 is 49.7 Å². The predicted octanol–water partition coefficient (Wildman–Crippen LogP) is -0.440. The third-order valence-electron chi connectivity index (χ3n) is 1.16. The molecule has 0 rings (SSSR count). The summed E-state index contributed by atoms with van der Waals surface area (Å²) >= 11 is 0. The number of ether oxygens (including phenoxy) is 1. The van der Waals surface area contributed by atoms with Crippen molar-refractivity contribution in [3.8, 4) is 0 Å². The molecule has 1 unspecified atom stereocenters. The van der Waals surface area contributed by atoms with Gasteiger partial charge in [0.05, 0.1) is 6.61 Å². The zero-order chi connectivity index (χ0) is 13.1. The molecule has 1 atom stereocenters. The van der Waals surface area contributed by atoms with Gasteiger partial charge in [-0.25, -0.2) is 9.59 Å². The van der Waals surface area contributed by atoms with Crippen molar-refractivity contribution in [2.24, 2.45) is 0 Å². The Hall–Kier alpha value is -0.400. The number of carbonyl (C=O) groups excluding carboxylic acids is 1. The first-order valence-electron chi connectivity index (χ1n) is 4.32. The number of carbonyl (C=O) groups is 2. The number of hydrogen-bond donors (Lipinski definition) is 3. The number of carboxylic acid groups (broad SMARTS) is 1. The molecule has 17 heavy (non-hydrogen) atoms. The molecule has 6 nitrogen and oxygen atoms in total. The second-order valence-corrected chi connectivity index (χ2v) is 2.76. The molecule has 0 amide bonds. The van der Waals surface area contributed by atoms with Crippen molar-refractivity contribution in [1.82, 2.24) is 0 Å². The zero-order valence-corrected chi connectivity index (χ0v) is 12.0. The van der Waals surface area contributed by atoms with Gasteiger partial charge in [-0.15, -0.1) is 0 Å². The molecule has 0 aliphatic carbocycles. The summed E-state index contributed by atoms with van der Waals surface area (Å²) in [7, 11) is 0. The molecule has 3 N–H and O–H groups in total. The van der Waals surface area contributed by atoms with Gasteiger partial charge in [-0.2, -0.15) is 0 Å². The molecule has 0 bridgehead atoms. The van der Waals surface area contributed by atoms with Crippen molar-refractivity contribution in [2.45, 2.75) is 13.0 Å². The van der Waals surface area contributed by atoms with E-state index in [2.05, 4.69) is 17.9 Å². The van der Waals surface area contributed by atoms with Gasteiger partial charge in [0, 0.05) is 11.6 Å². The molecular formula is C10H18CaO6. The van der Waals surface area contributed by atoms with Gasteiger partial charge in [0.1, 0.15) is 12.7 Å². The fourth-order valence-electron chi connectivity index (χ4n) is 0.290. The number of aliphatic hydroxyl groups excluding tert-OH is 2. The summed E-state index contributed by atoms with van der Waals surface area (Å²) in [6.07, 6.45) is -0.00622. The van der Waals surface area contributed by atoms with Gasteiger partial charge in [0.15, 0.2) is 0 Å². The van der Waals surface area contributed by atoms with Gasteiger partial charge in [-0.05, 0) is 6.92 Å².